The van der Waals surface area contributed by atoms with Crippen LogP contribution in [0, 0.1) is 5.92 Å². The SMILES string of the molecule is CCC(CC)N(CC(C)C)CC1(C)CCCN1. The Morgan fingerprint density at radius 3 is 2.29 bits per heavy atom. The van der Waals surface area contributed by atoms with Gasteiger partial charge in [-0.1, -0.05) is 27.7 Å². The van der Waals surface area contributed by atoms with Crippen LogP contribution in [-0.2, 0) is 0 Å². The van der Waals surface area contributed by atoms with Crippen LogP contribution in [0.25, 0.3) is 0 Å². The molecule has 1 heterocycles. The van der Waals surface area contributed by atoms with Gasteiger partial charge in [-0.3, -0.25) is 4.90 Å². The second kappa shape index (κ2) is 6.75. The van der Waals surface area contributed by atoms with Gasteiger partial charge in [0.2, 0.25) is 0 Å². The Bertz CT molecular complexity index is 203. The fourth-order valence-corrected chi connectivity index (χ4v) is 3.16. The van der Waals surface area contributed by atoms with Crippen LogP contribution in [0.2, 0.25) is 0 Å². The van der Waals surface area contributed by atoms with Gasteiger partial charge in [-0.05, 0) is 45.1 Å². The molecule has 0 aliphatic carbocycles. The number of hydrogen-bond acceptors (Lipinski definition) is 2. The minimum atomic E-state index is 0.359. The Kier molecular flexibility index (Phi) is 5.94. The van der Waals surface area contributed by atoms with E-state index < -0.39 is 0 Å². The van der Waals surface area contributed by atoms with E-state index in [0.717, 1.165) is 12.0 Å². The predicted molar refractivity (Wildman–Crippen MR) is 76.4 cm³/mol. The molecule has 2 nitrogen and oxygen atoms in total. The molecular weight excluding hydrogens is 208 g/mol. The molecule has 0 bridgehead atoms. The van der Waals surface area contributed by atoms with E-state index in [4.69, 9.17) is 0 Å². The zero-order valence-corrected chi connectivity index (χ0v) is 12.6. The minimum Gasteiger partial charge on any atom is -0.310 e. The normalized spacial score (nSPS) is 25.4. The molecule has 0 saturated carbocycles. The van der Waals surface area contributed by atoms with Crippen molar-refractivity contribution in [1.29, 1.82) is 0 Å². The third kappa shape index (κ3) is 4.59. The molecule has 1 N–H and O–H groups in total. The maximum absolute atomic E-state index is 3.70. The van der Waals surface area contributed by atoms with Crippen molar-refractivity contribution >= 4 is 0 Å². The number of rotatable bonds is 7. The van der Waals surface area contributed by atoms with Gasteiger partial charge in [0.05, 0.1) is 0 Å². The van der Waals surface area contributed by atoms with Gasteiger partial charge >= 0.3 is 0 Å². The molecule has 0 radical (unpaired) electrons. The van der Waals surface area contributed by atoms with Crippen molar-refractivity contribution in [3.05, 3.63) is 0 Å². The molecule has 1 aliphatic heterocycles. The zero-order chi connectivity index (χ0) is 12.9. The number of nitrogens with zero attached hydrogens (tertiary/aromatic N) is 1. The molecule has 1 atom stereocenters. The third-order valence-electron chi connectivity index (χ3n) is 4.07. The van der Waals surface area contributed by atoms with E-state index in [9.17, 15) is 0 Å². The molecule has 0 amide bonds. The molecular formula is C15H32N2. The van der Waals surface area contributed by atoms with Crippen molar-refractivity contribution < 1.29 is 0 Å². The highest BCUT2D eigenvalue weighted by Gasteiger charge is 2.32. The van der Waals surface area contributed by atoms with E-state index in [1.54, 1.807) is 0 Å². The van der Waals surface area contributed by atoms with Crippen molar-refractivity contribution in [1.82, 2.24) is 10.2 Å². The lowest BCUT2D eigenvalue weighted by Gasteiger charge is -2.38. The lowest BCUT2D eigenvalue weighted by molar-refractivity contribution is 0.126. The van der Waals surface area contributed by atoms with Crippen LogP contribution in [0.15, 0.2) is 0 Å². The average Bonchev–Trinajstić information content (AvgIpc) is 2.65. The van der Waals surface area contributed by atoms with Crippen LogP contribution in [0.1, 0.15) is 60.3 Å². The van der Waals surface area contributed by atoms with Crippen molar-refractivity contribution in [3.63, 3.8) is 0 Å². The lowest BCUT2D eigenvalue weighted by Crippen LogP contribution is -2.51. The standard InChI is InChI=1S/C15H32N2/c1-6-14(7-2)17(11-13(3)4)12-15(5)9-8-10-16-15/h13-14,16H,6-12H2,1-5H3. The summed E-state index contributed by atoms with van der Waals surface area (Å²) in [4.78, 5) is 2.73. The first-order valence-electron chi connectivity index (χ1n) is 7.49. The second-order valence-corrected chi connectivity index (χ2v) is 6.38. The highest BCUT2D eigenvalue weighted by atomic mass is 15.2. The van der Waals surface area contributed by atoms with Crippen molar-refractivity contribution in [2.45, 2.75) is 71.9 Å². The number of hydrogen-bond donors (Lipinski definition) is 1. The quantitative estimate of drug-likeness (QED) is 0.735. The van der Waals surface area contributed by atoms with Crippen LogP contribution < -0.4 is 5.32 Å². The summed E-state index contributed by atoms with van der Waals surface area (Å²) in [6.07, 6.45) is 5.23. The minimum absolute atomic E-state index is 0.359. The molecule has 17 heavy (non-hydrogen) atoms. The van der Waals surface area contributed by atoms with Crippen LogP contribution >= 0.6 is 0 Å². The van der Waals surface area contributed by atoms with Crippen molar-refractivity contribution in [2.24, 2.45) is 5.92 Å². The Hall–Kier alpha value is -0.0800. The van der Waals surface area contributed by atoms with Gasteiger partial charge < -0.3 is 5.32 Å². The van der Waals surface area contributed by atoms with Crippen LogP contribution in [0.5, 0.6) is 0 Å². The first-order valence-corrected chi connectivity index (χ1v) is 7.49. The summed E-state index contributed by atoms with van der Waals surface area (Å²) in [5.74, 6) is 0.764. The van der Waals surface area contributed by atoms with E-state index in [2.05, 4.69) is 44.8 Å². The summed E-state index contributed by atoms with van der Waals surface area (Å²) < 4.78 is 0. The fourth-order valence-electron chi connectivity index (χ4n) is 3.16. The maximum Gasteiger partial charge on any atom is 0.0281 e. The van der Waals surface area contributed by atoms with E-state index in [1.165, 1.54) is 45.3 Å². The molecule has 1 aliphatic rings. The molecule has 0 aromatic rings. The largest absolute Gasteiger partial charge is 0.310 e. The van der Waals surface area contributed by atoms with Crippen molar-refractivity contribution in [2.75, 3.05) is 19.6 Å². The summed E-state index contributed by atoms with van der Waals surface area (Å²) >= 11 is 0. The van der Waals surface area contributed by atoms with Crippen molar-refractivity contribution in [3.8, 4) is 0 Å². The zero-order valence-electron chi connectivity index (χ0n) is 12.6. The van der Waals surface area contributed by atoms with E-state index in [0.29, 0.717) is 5.54 Å². The smallest absolute Gasteiger partial charge is 0.0281 e. The summed E-state index contributed by atoms with van der Waals surface area (Å²) in [6.45, 7) is 15.4. The lowest BCUT2D eigenvalue weighted by atomic mass is 9.97. The molecule has 1 rings (SSSR count). The molecule has 102 valence electrons. The third-order valence-corrected chi connectivity index (χ3v) is 4.07. The molecule has 0 aromatic carbocycles. The Balaban J connectivity index is 2.61. The van der Waals surface area contributed by atoms with Crippen LogP contribution in [-0.4, -0.2) is 36.1 Å². The predicted octanol–water partition coefficient (Wildman–Crippen LogP) is 3.28. The average molecular weight is 240 g/mol. The Morgan fingerprint density at radius 1 is 1.24 bits per heavy atom. The highest BCUT2D eigenvalue weighted by Crippen LogP contribution is 2.23. The summed E-state index contributed by atoms with van der Waals surface area (Å²) in [6, 6.07) is 0.761. The molecule has 1 fully saturated rings. The summed E-state index contributed by atoms with van der Waals surface area (Å²) in [5.41, 5.74) is 0.359. The van der Waals surface area contributed by atoms with Gasteiger partial charge in [0.25, 0.3) is 0 Å². The summed E-state index contributed by atoms with van der Waals surface area (Å²) in [7, 11) is 0. The molecule has 0 aromatic heterocycles. The Labute approximate surface area is 108 Å². The van der Waals surface area contributed by atoms with Gasteiger partial charge in [0, 0.05) is 24.7 Å². The monoisotopic (exact) mass is 240 g/mol. The molecule has 0 spiro atoms. The van der Waals surface area contributed by atoms with Crippen LogP contribution in [0.4, 0.5) is 0 Å². The molecule has 2 heteroatoms. The second-order valence-electron chi connectivity index (χ2n) is 6.38. The molecule has 1 saturated heterocycles. The van der Waals surface area contributed by atoms with Gasteiger partial charge in [-0.2, -0.15) is 0 Å². The molecule has 1 unspecified atom stereocenters. The number of nitrogens with one attached hydrogen (secondary N) is 1. The van der Waals surface area contributed by atoms with E-state index in [1.807, 2.05) is 0 Å². The topological polar surface area (TPSA) is 15.3 Å². The highest BCUT2D eigenvalue weighted by molar-refractivity contribution is 4.92. The first kappa shape index (κ1) is 15.0. The van der Waals surface area contributed by atoms with Gasteiger partial charge in [0.1, 0.15) is 0 Å². The van der Waals surface area contributed by atoms with E-state index in [-0.39, 0.29) is 0 Å². The van der Waals surface area contributed by atoms with Crippen LogP contribution in [0.3, 0.4) is 0 Å². The van der Waals surface area contributed by atoms with Gasteiger partial charge in [0.15, 0.2) is 0 Å². The maximum atomic E-state index is 3.70. The summed E-state index contributed by atoms with van der Waals surface area (Å²) in [5, 5.41) is 3.70. The van der Waals surface area contributed by atoms with E-state index >= 15 is 0 Å². The van der Waals surface area contributed by atoms with Gasteiger partial charge in [-0.25, -0.2) is 0 Å². The van der Waals surface area contributed by atoms with Gasteiger partial charge in [-0.15, -0.1) is 0 Å². The fraction of sp³-hybridized carbons (Fsp3) is 1.00. The Morgan fingerprint density at radius 2 is 1.88 bits per heavy atom. The first-order chi connectivity index (χ1) is 8.00.